The van der Waals surface area contributed by atoms with Gasteiger partial charge in [0.15, 0.2) is 0 Å². The molecule has 0 aromatic heterocycles. The molecule has 0 saturated heterocycles. The number of benzene rings is 1. The molecule has 2 rings (SSSR count). The van der Waals surface area contributed by atoms with Gasteiger partial charge in [-0.1, -0.05) is 6.07 Å². The van der Waals surface area contributed by atoms with Gasteiger partial charge in [-0.2, -0.15) is 0 Å². The largest absolute Gasteiger partial charge is 0.493 e. The second-order valence-electron chi connectivity index (χ2n) is 4.66. The Balaban J connectivity index is 1.89. The van der Waals surface area contributed by atoms with Gasteiger partial charge in [0.25, 0.3) is 0 Å². The molecule has 0 spiro atoms. The summed E-state index contributed by atoms with van der Waals surface area (Å²) in [4.78, 5) is 0. The molecule has 3 heteroatoms. The lowest BCUT2D eigenvalue weighted by Crippen LogP contribution is -2.22. The normalized spacial score (nSPS) is 16.4. The number of rotatable bonds is 5. The Hall–Kier alpha value is -1.06. The quantitative estimate of drug-likeness (QED) is 0.816. The molecule has 0 aliphatic heterocycles. The second-order valence-corrected chi connectivity index (χ2v) is 4.66. The average Bonchev–Trinajstić information content (AvgIpc) is 2.38. The molecule has 0 amide bonds. The summed E-state index contributed by atoms with van der Waals surface area (Å²) in [6.45, 7) is 0.824. The van der Waals surface area contributed by atoms with Crippen LogP contribution >= 0.6 is 0 Å². The monoisotopic (exact) mass is 235 g/mol. The number of ether oxygens (including phenoxy) is 1. The predicted molar refractivity (Wildman–Crippen MR) is 68.3 cm³/mol. The van der Waals surface area contributed by atoms with Crippen LogP contribution in [0.4, 0.5) is 0 Å². The number of aliphatic hydroxyl groups is 1. The minimum Gasteiger partial charge on any atom is -0.493 e. The van der Waals surface area contributed by atoms with Crippen LogP contribution in [0.3, 0.4) is 0 Å². The fraction of sp³-hybridized carbons (Fsp3) is 0.571. The van der Waals surface area contributed by atoms with E-state index in [1.54, 1.807) is 0 Å². The van der Waals surface area contributed by atoms with E-state index in [2.05, 4.69) is 12.1 Å². The van der Waals surface area contributed by atoms with Gasteiger partial charge in [-0.15, -0.1) is 0 Å². The number of hydrogen-bond donors (Lipinski definition) is 2. The van der Waals surface area contributed by atoms with E-state index in [1.165, 1.54) is 30.4 Å². The summed E-state index contributed by atoms with van der Waals surface area (Å²) in [5.41, 5.74) is 8.22. The zero-order valence-electron chi connectivity index (χ0n) is 10.2. The van der Waals surface area contributed by atoms with Crippen molar-refractivity contribution in [3.63, 3.8) is 0 Å². The summed E-state index contributed by atoms with van der Waals surface area (Å²) in [5, 5.41) is 9.32. The maximum Gasteiger partial charge on any atom is 0.119 e. The number of fused-ring (bicyclic) bond motifs is 1. The molecule has 3 nitrogen and oxygen atoms in total. The molecular weight excluding hydrogens is 214 g/mol. The molecule has 1 aromatic carbocycles. The SMILES string of the molecule is NCC(O)CCOc1ccc2c(c1)CCCC2. The summed E-state index contributed by atoms with van der Waals surface area (Å²) in [6.07, 6.45) is 5.08. The number of nitrogens with two attached hydrogens (primary N) is 1. The van der Waals surface area contributed by atoms with E-state index in [4.69, 9.17) is 10.5 Å². The summed E-state index contributed by atoms with van der Waals surface area (Å²) in [7, 11) is 0. The minimum atomic E-state index is -0.451. The summed E-state index contributed by atoms with van der Waals surface area (Å²) >= 11 is 0. The Morgan fingerprint density at radius 1 is 1.24 bits per heavy atom. The van der Waals surface area contributed by atoms with Crippen LogP contribution in [0.15, 0.2) is 18.2 Å². The van der Waals surface area contributed by atoms with Gasteiger partial charge in [-0.05, 0) is 48.9 Å². The van der Waals surface area contributed by atoms with E-state index >= 15 is 0 Å². The molecule has 0 saturated carbocycles. The van der Waals surface area contributed by atoms with Crippen LogP contribution in [0.1, 0.15) is 30.4 Å². The van der Waals surface area contributed by atoms with Crippen molar-refractivity contribution in [2.24, 2.45) is 5.73 Å². The van der Waals surface area contributed by atoms with Gasteiger partial charge in [0.1, 0.15) is 5.75 Å². The van der Waals surface area contributed by atoms with Crippen molar-refractivity contribution in [3.8, 4) is 5.75 Å². The molecule has 0 radical (unpaired) electrons. The highest BCUT2D eigenvalue weighted by Gasteiger charge is 2.10. The third kappa shape index (κ3) is 3.45. The summed E-state index contributed by atoms with van der Waals surface area (Å²) in [5.74, 6) is 0.912. The second kappa shape index (κ2) is 6.03. The Morgan fingerprint density at radius 2 is 2.00 bits per heavy atom. The molecule has 17 heavy (non-hydrogen) atoms. The van der Waals surface area contributed by atoms with Crippen molar-refractivity contribution in [3.05, 3.63) is 29.3 Å². The predicted octanol–water partition coefficient (Wildman–Crippen LogP) is 1.65. The van der Waals surface area contributed by atoms with Crippen LogP contribution in [0.25, 0.3) is 0 Å². The lowest BCUT2D eigenvalue weighted by molar-refractivity contribution is 0.146. The number of aryl methyl sites for hydroxylation is 2. The third-order valence-electron chi connectivity index (χ3n) is 3.31. The Labute approximate surface area is 103 Å². The molecular formula is C14H21NO2. The van der Waals surface area contributed by atoms with Gasteiger partial charge in [-0.3, -0.25) is 0 Å². The van der Waals surface area contributed by atoms with Crippen LogP contribution in [0, 0.1) is 0 Å². The van der Waals surface area contributed by atoms with Gasteiger partial charge in [0.2, 0.25) is 0 Å². The molecule has 0 bridgehead atoms. The highest BCUT2D eigenvalue weighted by atomic mass is 16.5. The number of aliphatic hydroxyl groups excluding tert-OH is 1. The van der Waals surface area contributed by atoms with E-state index in [9.17, 15) is 5.11 Å². The van der Waals surface area contributed by atoms with E-state index in [0.717, 1.165) is 12.2 Å². The average molecular weight is 235 g/mol. The molecule has 3 N–H and O–H groups in total. The first-order valence-electron chi connectivity index (χ1n) is 6.42. The van der Waals surface area contributed by atoms with Crippen molar-refractivity contribution in [2.75, 3.05) is 13.2 Å². The Kier molecular flexibility index (Phi) is 4.40. The topological polar surface area (TPSA) is 55.5 Å². The van der Waals surface area contributed by atoms with Crippen LogP contribution in [-0.4, -0.2) is 24.4 Å². The van der Waals surface area contributed by atoms with Gasteiger partial charge in [0, 0.05) is 13.0 Å². The van der Waals surface area contributed by atoms with Gasteiger partial charge in [-0.25, -0.2) is 0 Å². The van der Waals surface area contributed by atoms with Crippen molar-refractivity contribution in [2.45, 2.75) is 38.2 Å². The fourth-order valence-corrected chi connectivity index (χ4v) is 2.23. The van der Waals surface area contributed by atoms with Crippen molar-refractivity contribution in [1.82, 2.24) is 0 Å². The maximum absolute atomic E-state index is 9.32. The van der Waals surface area contributed by atoms with Crippen LogP contribution in [0.2, 0.25) is 0 Å². The van der Waals surface area contributed by atoms with E-state index in [1.807, 2.05) is 6.07 Å². The summed E-state index contributed by atoms with van der Waals surface area (Å²) in [6, 6.07) is 6.34. The van der Waals surface area contributed by atoms with E-state index in [-0.39, 0.29) is 0 Å². The van der Waals surface area contributed by atoms with E-state index in [0.29, 0.717) is 19.6 Å². The zero-order valence-corrected chi connectivity index (χ0v) is 10.2. The van der Waals surface area contributed by atoms with Crippen LogP contribution < -0.4 is 10.5 Å². The van der Waals surface area contributed by atoms with Crippen LogP contribution in [-0.2, 0) is 12.8 Å². The Morgan fingerprint density at radius 3 is 2.76 bits per heavy atom. The first-order valence-corrected chi connectivity index (χ1v) is 6.42. The zero-order chi connectivity index (χ0) is 12.1. The van der Waals surface area contributed by atoms with Crippen LogP contribution in [0.5, 0.6) is 5.75 Å². The van der Waals surface area contributed by atoms with Crippen molar-refractivity contribution >= 4 is 0 Å². The molecule has 0 heterocycles. The highest BCUT2D eigenvalue weighted by Crippen LogP contribution is 2.25. The summed E-state index contributed by atoms with van der Waals surface area (Å²) < 4.78 is 5.63. The lowest BCUT2D eigenvalue weighted by atomic mass is 9.92. The number of hydrogen-bond acceptors (Lipinski definition) is 3. The van der Waals surface area contributed by atoms with Crippen molar-refractivity contribution in [1.29, 1.82) is 0 Å². The van der Waals surface area contributed by atoms with E-state index < -0.39 is 6.10 Å². The molecule has 94 valence electrons. The molecule has 1 unspecified atom stereocenters. The van der Waals surface area contributed by atoms with Gasteiger partial charge in [0.05, 0.1) is 12.7 Å². The molecule has 1 aromatic rings. The highest BCUT2D eigenvalue weighted by molar-refractivity contribution is 5.37. The molecule has 1 atom stereocenters. The minimum absolute atomic E-state index is 0.299. The van der Waals surface area contributed by atoms with Gasteiger partial charge < -0.3 is 15.6 Å². The van der Waals surface area contributed by atoms with Crippen molar-refractivity contribution < 1.29 is 9.84 Å². The smallest absolute Gasteiger partial charge is 0.119 e. The molecule has 0 fully saturated rings. The fourth-order valence-electron chi connectivity index (χ4n) is 2.23. The standard InChI is InChI=1S/C14H21NO2/c15-10-13(16)7-8-17-14-6-5-11-3-1-2-4-12(11)9-14/h5-6,9,13,16H,1-4,7-8,10,15H2. The molecule has 1 aliphatic rings. The molecule has 1 aliphatic carbocycles. The first kappa shape index (κ1) is 12.4. The third-order valence-corrected chi connectivity index (χ3v) is 3.31. The lowest BCUT2D eigenvalue weighted by Gasteiger charge is -2.17. The first-order chi connectivity index (χ1) is 8.29. The Bertz CT molecular complexity index is 365. The maximum atomic E-state index is 9.32. The van der Waals surface area contributed by atoms with Gasteiger partial charge >= 0.3 is 0 Å².